The van der Waals surface area contributed by atoms with Crippen LogP contribution in [0.4, 0.5) is 10.3 Å². The fourth-order valence-corrected chi connectivity index (χ4v) is 9.30. The lowest BCUT2D eigenvalue weighted by atomic mass is 9.54. The van der Waals surface area contributed by atoms with Crippen LogP contribution >= 0.6 is 45.9 Å². The zero-order chi connectivity index (χ0) is 27.8. The van der Waals surface area contributed by atoms with Gasteiger partial charge in [0.15, 0.2) is 10.3 Å². The number of halogens is 2. The second-order valence-corrected chi connectivity index (χ2v) is 13.6. The van der Waals surface area contributed by atoms with Crippen LogP contribution in [0, 0.1) is 49.4 Å². The van der Waals surface area contributed by atoms with Gasteiger partial charge in [0.2, 0.25) is 23.6 Å². The zero-order valence-electron chi connectivity index (χ0n) is 20.9. The molecular weight excluding hydrogens is 591 g/mol. The molecule has 200 valence electrons. The summed E-state index contributed by atoms with van der Waals surface area (Å²) in [6, 6.07) is 7.22. The van der Waals surface area contributed by atoms with Crippen LogP contribution in [0.15, 0.2) is 36.4 Å². The number of carbonyl (C=O) groups is 4. The minimum Gasteiger partial charge on any atom is -0.274 e. The quantitative estimate of drug-likeness (QED) is 0.218. The topological polar surface area (TPSA) is 101 Å². The van der Waals surface area contributed by atoms with E-state index in [0.29, 0.717) is 21.1 Å². The van der Waals surface area contributed by atoms with Crippen LogP contribution in [0.3, 0.4) is 0 Å². The van der Waals surface area contributed by atoms with Gasteiger partial charge in [0.25, 0.3) is 0 Å². The summed E-state index contributed by atoms with van der Waals surface area (Å²) in [5.74, 6) is -5.55. The highest BCUT2D eigenvalue weighted by Crippen LogP contribution is 2.59. The Labute approximate surface area is 245 Å². The summed E-state index contributed by atoms with van der Waals surface area (Å²) in [7, 11) is 0. The standard InChI is InChI=1S/C28H18Cl2N4O4S2/c1-9-5-17-15(7-13(9)29)31-27(39-17)33-23(35)19-11-3-4-12(20(19)24(33)36)22-21(11)25(37)34(26(22)38)28-32-16-8-14(30)10(2)6-18(16)40-28/h3-8,11-12,19-22H,1-2H3/t11?,12?,19-,20+,21-,22+. The van der Waals surface area contributed by atoms with Crippen molar-refractivity contribution in [3.63, 3.8) is 0 Å². The highest BCUT2D eigenvalue weighted by Gasteiger charge is 2.69. The molecule has 12 heteroatoms. The van der Waals surface area contributed by atoms with Crippen LogP contribution in [0.5, 0.6) is 0 Å². The van der Waals surface area contributed by atoms with E-state index in [1.54, 1.807) is 12.1 Å². The number of rotatable bonds is 2. The first-order chi connectivity index (χ1) is 19.1. The van der Waals surface area contributed by atoms with E-state index in [-0.39, 0.29) is 33.9 Å². The molecule has 0 radical (unpaired) electrons. The van der Waals surface area contributed by atoms with E-state index in [1.165, 1.54) is 22.7 Å². The van der Waals surface area contributed by atoms with Crippen LogP contribution in [0.25, 0.3) is 20.4 Å². The number of fused-ring (bicyclic) bond motifs is 2. The van der Waals surface area contributed by atoms with E-state index in [1.807, 2.05) is 38.1 Å². The van der Waals surface area contributed by atoms with E-state index < -0.39 is 35.5 Å². The molecule has 0 N–H and O–H groups in total. The molecule has 4 heterocycles. The lowest BCUT2D eigenvalue weighted by Crippen LogP contribution is -2.50. The Bertz CT molecular complexity index is 1660. The zero-order valence-corrected chi connectivity index (χ0v) is 24.1. The van der Waals surface area contributed by atoms with E-state index >= 15 is 0 Å². The molecule has 9 rings (SSSR count). The van der Waals surface area contributed by atoms with Crippen molar-refractivity contribution in [2.75, 3.05) is 9.80 Å². The molecule has 2 aliphatic heterocycles. The molecule has 2 saturated heterocycles. The van der Waals surface area contributed by atoms with Crippen molar-refractivity contribution in [2.24, 2.45) is 35.5 Å². The second kappa shape index (κ2) is 8.19. The Morgan fingerprint density at radius 2 is 0.975 bits per heavy atom. The van der Waals surface area contributed by atoms with Gasteiger partial charge in [0, 0.05) is 21.9 Å². The third-order valence-electron chi connectivity index (χ3n) is 8.71. The molecule has 4 atom stereocenters. The normalized spacial score (nSPS) is 29.0. The van der Waals surface area contributed by atoms with E-state index in [9.17, 15) is 19.2 Å². The van der Waals surface area contributed by atoms with E-state index in [2.05, 4.69) is 9.97 Å². The van der Waals surface area contributed by atoms with Gasteiger partial charge < -0.3 is 0 Å². The SMILES string of the molecule is Cc1cc2sc(N3C(=O)[C@@H]4C5C=CC([C@@H]4C3=O)[C@@H]3C(=O)N(c4nc6cc(Cl)c(C)cc6s4)C(=O)[C@H]53)nc2cc1Cl. The van der Waals surface area contributed by atoms with E-state index in [0.717, 1.165) is 30.3 Å². The van der Waals surface area contributed by atoms with Crippen molar-refractivity contribution in [1.82, 2.24) is 9.97 Å². The number of anilines is 2. The lowest BCUT2D eigenvalue weighted by Gasteiger charge is -2.44. The second-order valence-electron chi connectivity index (χ2n) is 10.8. The summed E-state index contributed by atoms with van der Waals surface area (Å²) in [6.45, 7) is 3.76. The van der Waals surface area contributed by atoms with Gasteiger partial charge in [-0.2, -0.15) is 0 Å². The number of benzene rings is 2. The Morgan fingerprint density at radius 3 is 1.32 bits per heavy atom. The Hall–Kier alpha value is -3.18. The molecule has 0 unspecified atom stereocenters. The summed E-state index contributed by atoms with van der Waals surface area (Å²) in [6.07, 6.45) is 3.69. The number of carbonyl (C=O) groups excluding carboxylic acids is 4. The van der Waals surface area contributed by atoms with Crippen molar-refractivity contribution in [2.45, 2.75) is 13.8 Å². The lowest BCUT2D eigenvalue weighted by molar-refractivity contribution is -0.137. The number of thiazole rings is 2. The average molecular weight is 610 g/mol. The number of nitrogens with zero attached hydrogens (tertiary/aromatic N) is 4. The van der Waals surface area contributed by atoms with Crippen LogP contribution in [-0.4, -0.2) is 33.6 Å². The summed E-state index contributed by atoms with van der Waals surface area (Å²) < 4.78 is 1.64. The predicted molar refractivity (Wildman–Crippen MR) is 154 cm³/mol. The fourth-order valence-electron chi connectivity index (χ4n) is 6.87. The largest absolute Gasteiger partial charge is 0.274 e. The smallest absolute Gasteiger partial charge is 0.240 e. The minimum absolute atomic E-state index is 0.285. The highest BCUT2D eigenvalue weighted by molar-refractivity contribution is 7.23. The van der Waals surface area contributed by atoms with Crippen LogP contribution in [0.2, 0.25) is 10.0 Å². The molecule has 0 spiro atoms. The maximum Gasteiger partial charge on any atom is 0.240 e. The maximum atomic E-state index is 13.8. The van der Waals surface area contributed by atoms with Gasteiger partial charge >= 0.3 is 0 Å². The molecule has 8 nitrogen and oxygen atoms in total. The molecule has 5 aliphatic rings. The summed E-state index contributed by atoms with van der Waals surface area (Å²) in [5, 5.41) is 1.68. The molecule has 4 aromatic rings. The molecule has 2 bridgehead atoms. The van der Waals surface area contributed by atoms with Gasteiger partial charge in [0.05, 0.1) is 44.1 Å². The Morgan fingerprint density at radius 1 is 0.625 bits per heavy atom. The first-order valence-electron chi connectivity index (χ1n) is 12.7. The van der Waals surface area contributed by atoms with Crippen LogP contribution in [0.1, 0.15) is 11.1 Å². The number of imide groups is 2. The number of hydrogen-bond acceptors (Lipinski definition) is 8. The third-order valence-corrected chi connectivity index (χ3v) is 11.5. The summed E-state index contributed by atoms with van der Waals surface area (Å²) >= 11 is 15.0. The summed E-state index contributed by atoms with van der Waals surface area (Å²) in [4.78, 5) is 66.8. The van der Waals surface area contributed by atoms with E-state index in [4.69, 9.17) is 23.2 Å². The predicted octanol–water partition coefficient (Wildman–Crippen LogP) is 5.56. The molecular formula is C28H18Cl2N4O4S2. The van der Waals surface area contributed by atoms with Crippen LogP contribution in [-0.2, 0) is 19.2 Å². The van der Waals surface area contributed by atoms with Crippen LogP contribution < -0.4 is 9.80 Å². The minimum atomic E-state index is -0.727. The molecule has 3 aliphatic carbocycles. The van der Waals surface area contributed by atoms with Gasteiger partial charge in [-0.3, -0.25) is 19.2 Å². The fraction of sp³-hybridized carbons (Fsp3) is 0.286. The van der Waals surface area contributed by atoms with Crippen molar-refractivity contribution in [1.29, 1.82) is 0 Å². The van der Waals surface area contributed by atoms with Gasteiger partial charge in [-0.05, 0) is 49.2 Å². The summed E-state index contributed by atoms with van der Waals surface area (Å²) in [5.41, 5.74) is 2.97. The molecule has 4 amide bonds. The monoisotopic (exact) mass is 608 g/mol. The van der Waals surface area contributed by atoms with Gasteiger partial charge in [-0.25, -0.2) is 19.8 Å². The Balaban J connectivity index is 1.17. The van der Waals surface area contributed by atoms with Crippen molar-refractivity contribution in [3.8, 4) is 0 Å². The third kappa shape index (κ3) is 3.07. The van der Waals surface area contributed by atoms with Gasteiger partial charge in [-0.1, -0.05) is 58.0 Å². The molecule has 3 fully saturated rings. The molecule has 1 saturated carbocycles. The number of amides is 4. The van der Waals surface area contributed by atoms with Gasteiger partial charge in [0.1, 0.15) is 0 Å². The number of aryl methyl sites for hydroxylation is 2. The molecule has 2 aromatic heterocycles. The van der Waals surface area contributed by atoms with Crippen molar-refractivity contribution < 1.29 is 19.2 Å². The maximum absolute atomic E-state index is 13.8. The average Bonchev–Trinajstić information content (AvgIpc) is 3.64. The van der Waals surface area contributed by atoms with Crippen molar-refractivity contribution >= 4 is 100 Å². The first kappa shape index (κ1) is 24.6. The highest BCUT2D eigenvalue weighted by atomic mass is 35.5. The molecule has 40 heavy (non-hydrogen) atoms. The first-order valence-corrected chi connectivity index (χ1v) is 15.1. The number of allylic oxidation sites excluding steroid dienone is 2. The number of aromatic nitrogens is 2. The van der Waals surface area contributed by atoms with Crippen molar-refractivity contribution in [3.05, 3.63) is 57.6 Å². The Kier molecular flexibility index (Phi) is 5.04. The number of hydrogen-bond donors (Lipinski definition) is 0. The van der Waals surface area contributed by atoms with Gasteiger partial charge in [-0.15, -0.1) is 0 Å². The molecule has 2 aromatic carbocycles.